The molecule has 2 N–H and O–H groups in total. The molecule has 1 atom stereocenters. The minimum atomic E-state index is -0.567. The Balaban J connectivity index is 1.33. The molecule has 4 heterocycles. The van der Waals surface area contributed by atoms with E-state index in [0.29, 0.717) is 29.9 Å². The summed E-state index contributed by atoms with van der Waals surface area (Å²) >= 11 is 1.19. The second-order valence-corrected chi connectivity index (χ2v) is 9.55. The molecule has 0 aromatic carbocycles. The van der Waals surface area contributed by atoms with Crippen LogP contribution in [0.1, 0.15) is 62.0 Å². The Morgan fingerprint density at radius 3 is 2.78 bits per heavy atom. The largest absolute Gasteiger partial charge is 0.355 e. The van der Waals surface area contributed by atoms with Crippen LogP contribution in [0.15, 0.2) is 12.3 Å². The van der Waals surface area contributed by atoms with Gasteiger partial charge < -0.3 is 10.2 Å². The van der Waals surface area contributed by atoms with Crippen molar-refractivity contribution in [3.63, 3.8) is 0 Å². The summed E-state index contributed by atoms with van der Waals surface area (Å²) in [5.41, 5.74) is 1.40. The van der Waals surface area contributed by atoms with Gasteiger partial charge in [0.2, 0.25) is 11.7 Å². The molecule has 3 aliphatic rings. The normalized spacial score (nSPS) is 20.5. The molecule has 2 saturated heterocycles. The smallest absolute Gasteiger partial charge is 0.267 e. The summed E-state index contributed by atoms with van der Waals surface area (Å²) in [6.45, 7) is 2.42. The number of nitrogens with zero attached hydrogens (tertiary/aromatic N) is 3. The molecule has 2 aromatic heterocycles. The second kappa shape index (κ2) is 8.51. The molecule has 9 nitrogen and oxygen atoms in total. The topological polar surface area (TPSA) is 121 Å². The van der Waals surface area contributed by atoms with Crippen molar-refractivity contribution in [1.82, 2.24) is 20.6 Å². The number of piperidine rings is 2. The molecule has 1 unspecified atom stereocenters. The van der Waals surface area contributed by atoms with Crippen molar-refractivity contribution in [2.75, 3.05) is 31.1 Å². The van der Waals surface area contributed by atoms with Crippen molar-refractivity contribution in [1.29, 1.82) is 0 Å². The maximum Gasteiger partial charge on any atom is 0.267 e. The van der Waals surface area contributed by atoms with E-state index in [0.717, 1.165) is 36.6 Å². The monoisotopic (exact) mass is 453 g/mol. The van der Waals surface area contributed by atoms with Gasteiger partial charge in [0.25, 0.3) is 5.91 Å². The van der Waals surface area contributed by atoms with Gasteiger partial charge in [-0.2, -0.15) is 0 Å². The van der Waals surface area contributed by atoms with Crippen LogP contribution in [-0.4, -0.2) is 59.5 Å². The zero-order valence-electron chi connectivity index (χ0n) is 17.5. The number of amides is 2. The predicted molar refractivity (Wildman–Crippen MR) is 117 cm³/mol. The van der Waals surface area contributed by atoms with E-state index in [4.69, 9.17) is 0 Å². The number of Topliss-reactive ketones (excluding diaryl/α,β-unsaturated/α-hetero) is 1. The van der Waals surface area contributed by atoms with Gasteiger partial charge in [0.05, 0.1) is 29.2 Å². The zero-order valence-corrected chi connectivity index (χ0v) is 18.3. The van der Waals surface area contributed by atoms with Crippen LogP contribution in [0.25, 0.3) is 0 Å². The van der Waals surface area contributed by atoms with Crippen LogP contribution >= 0.6 is 11.3 Å². The second-order valence-electron chi connectivity index (χ2n) is 8.41. The van der Waals surface area contributed by atoms with Crippen LogP contribution in [0.2, 0.25) is 0 Å². The van der Waals surface area contributed by atoms with E-state index >= 15 is 0 Å². The fourth-order valence-electron chi connectivity index (χ4n) is 4.40. The van der Waals surface area contributed by atoms with Gasteiger partial charge >= 0.3 is 0 Å². The number of fused-ring (bicyclic) bond motifs is 2. The first-order chi connectivity index (χ1) is 15.5. The van der Waals surface area contributed by atoms with E-state index < -0.39 is 17.7 Å². The fraction of sp³-hybridized carbons (Fsp3) is 0.455. The molecule has 5 rings (SSSR count). The van der Waals surface area contributed by atoms with Gasteiger partial charge in [-0.25, -0.2) is 4.98 Å². The quantitative estimate of drug-likeness (QED) is 0.566. The molecule has 166 valence electrons. The van der Waals surface area contributed by atoms with Crippen molar-refractivity contribution < 1.29 is 19.2 Å². The molecule has 0 radical (unpaired) electrons. The van der Waals surface area contributed by atoms with Gasteiger partial charge in [0, 0.05) is 42.9 Å². The standard InChI is InChI=1S/C22H23N5O4S/c28-13-6-12(9-23-10-13)21(30)26-22(31)17-7-14-16(32-17)8-15-19(20(14)29)25-18(11-24-15)27-4-2-1-3-5-27/h7,11-12,23H,1-6,8-10H2,(H,26,30,31). The number of thiophene rings is 1. The minimum Gasteiger partial charge on any atom is -0.355 e. The molecule has 2 aliphatic heterocycles. The van der Waals surface area contributed by atoms with E-state index in [9.17, 15) is 19.2 Å². The lowest BCUT2D eigenvalue weighted by atomic mass is 9.97. The molecular weight excluding hydrogens is 430 g/mol. The molecule has 32 heavy (non-hydrogen) atoms. The summed E-state index contributed by atoms with van der Waals surface area (Å²) in [5.74, 6) is -1.18. The average molecular weight is 454 g/mol. The molecule has 2 amide bonds. The van der Waals surface area contributed by atoms with Crippen LogP contribution in [-0.2, 0) is 16.0 Å². The number of ketones is 2. The lowest BCUT2D eigenvalue weighted by Crippen LogP contribution is -2.45. The van der Waals surface area contributed by atoms with E-state index in [2.05, 4.69) is 25.5 Å². The Morgan fingerprint density at radius 1 is 1.19 bits per heavy atom. The summed E-state index contributed by atoms with van der Waals surface area (Å²) < 4.78 is 0. The number of carbonyl (C=O) groups is 4. The predicted octanol–water partition coefficient (Wildman–Crippen LogP) is 1.10. The van der Waals surface area contributed by atoms with Crippen molar-refractivity contribution in [3.05, 3.63) is 39.0 Å². The highest BCUT2D eigenvalue weighted by Crippen LogP contribution is 2.33. The first kappa shape index (κ1) is 20.9. The van der Waals surface area contributed by atoms with Crippen LogP contribution in [0.3, 0.4) is 0 Å². The van der Waals surface area contributed by atoms with E-state index in [1.807, 2.05) is 0 Å². The van der Waals surface area contributed by atoms with E-state index in [-0.39, 0.29) is 29.4 Å². The van der Waals surface area contributed by atoms with Crippen molar-refractivity contribution in [2.24, 2.45) is 5.92 Å². The number of imide groups is 1. The Labute approximate surface area is 188 Å². The lowest BCUT2D eigenvalue weighted by Gasteiger charge is -2.28. The number of hydrogen-bond acceptors (Lipinski definition) is 9. The van der Waals surface area contributed by atoms with Crippen LogP contribution < -0.4 is 15.5 Å². The molecule has 0 bridgehead atoms. The summed E-state index contributed by atoms with van der Waals surface area (Å²) in [7, 11) is 0. The van der Waals surface area contributed by atoms with Gasteiger partial charge in [0.15, 0.2) is 0 Å². The van der Waals surface area contributed by atoms with Crippen LogP contribution in [0.4, 0.5) is 5.82 Å². The Kier molecular flexibility index (Phi) is 5.56. The van der Waals surface area contributed by atoms with Gasteiger partial charge in [-0.3, -0.25) is 29.5 Å². The maximum atomic E-state index is 13.1. The molecule has 2 fully saturated rings. The van der Waals surface area contributed by atoms with Gasteiger partial charge in [0.1, 0.15) is 17.3 Å². The maximum absolute atomic E-state index is 13.1. The van der Waals surface area contributed by atoms with Gasteiger partial charge in [-0.1, -0.05) is 0 Å². The molecule has 10 heteroatoms. The third kappa shape index (κ3) is 3.95. The molecular formula is C22H23N5O4S. The molecule has 1 aliphatic carbocycles. The molecule has 2 aromatic rings. The zero-order chi connectivity index (χ0) is 22.2. The van der Waals surface area contributed by atoms with Crippen molar-refractivity contribution in [2.45, 2.75) is 32.1 Å². The van der Waals surface area contributed by atoms with Crippen LogP contribution in [0.5, 0.6) is 0 Å². The summed E-state index contributed by atoms with van der Waals surface area (Å²) in [5, 5.41) is 5.26. The minimum absolute atomic E-state index is 0.0530. The Hall–Kier alpha value is -2.98. The van der Waals surface area contributed by atoms with Crippen molar-refractivity contribution >= 4 is 40.5 Å². The highest BCUT2D eigenvalue weighted by atomic mass is 32.1. The summed E-state index contributed by atoms with van der Waals surface area (Å²) in [6, 6.07) is 1.54. The first-order valence-electron chi connectivity index (χ1n) is 10.9. The molecule has 0 saturated carbocycles. The summed E-state index contributed by atoms with van der Waals surface area (Å²) in [4.78, 5) is 62.0. The van der Waals surface area contributed by atoms with E-state index in [1.165, 1.54) is 23.8 Å². The van der Waals surface area contributed by atoms with Crippen LogP contribution in [0, 0.1) is 5.92 Å². The lowest BCUT2D eigenvalue weighted by molar-refractivity contribution is -0.130. The number of anilines is 1. The number of aromatic nitrogens is 2. The fourth-order valence-corrected chi connectivity index (χ4v) is 5.46. The Morgan fingerprint density at radius 2 is 2.00 bits per heavy atom. The first-order valence-corrected chi connectivity index (χ1v) is 11.7. The Bertz CT molecular complexity index is 1120. The summed E-state index contributed by atoms with van der Waals surface area (Å²) in [6.07, 6.45) is 5.68. The highest BCUT2D eigenvalue weighted by Gasteiger charge is 2.32. The number of nitrogens with one attached hydrogen (secondary N) is 2. The third-order valence-corrected chi connectivity index (χ3v) is 7.26. The van der Waals surface area contributed by atoms with Gasteiger partial charge in [-0.05, 0) is 25.3 Å². The average Bonchev–Trinajstić information content (AvgIpc) is 3.24. The van der Waals surface area contributed by atoms with E-state index in [1.54, 1.807) is 6.20 Å². The number of carbonyl (C=O) groups excluding carboxylic acids is 4. The number of rotatable bonds is 3. The van der Waals surface area contributed by atoms with Crippen molar-refractivity contribution in [3.8, 4) is 0 Å². The number of hydrogen-bond donors (Lipinski definition) is 2. The van der Waals surface area contributed by atoms with Gasteiger partial charge in [-0.15, -0.1) is 11.3 Å². The molecule has 0 spiro atoms. The third-order valence-electron chi connectivity index (χ3n) is 6.13. The SMILES string of the molecule is O=C1CNCC(C(=O)NC(=O)c2cc3c(s2)Cc2ncc(N4CCCCC4)nc2C3=O)C1. The highest BCUT2D eigenvalue weighted by molar-refractivity contribution is 7.14.